The molecule has 3 heteroatoms. The number of rotatable bonds is 0. The van der Waals surface area contributed by atoms with E-state index in [4.69, 9.17) is 0 Å². The van der Waals surface area contributed by atoms with E-state index in [1.165, 1.54) is 6.20 Å². The van der Waals surface area contributed by atoms with Gasteiger partial charge in [-0.2, -0.15) is 5.12 Å². The molecule has 0 spiro atoms. The molecule has 1 aliphatic rings. The number of para-hydroxylation sites is 2. The Morgan fingerprint density at radius 2 is 1.75 bits per heavy atom. The Morgan fingerprint density at radius 3 is 2.42 bits per heavy atom. The van der Waals surface area contributed by atoms with Gasteiger partial charge < -0.3 is 4.90 Å². The normalized spacial score (nSPS) is 14.8. The molecular weight excluding hydrogens is 155 g/mol. The monoisotopic (exact) mass is 164 g/mol. The van der Waals surface area contributed by atoms with E-state index in [0.29, 0.717) is 10.8 Å². The van der Waals surface area contributed by atoms with E-state index in [1.54, 1.807) is 12.3 Å². The van der Waals surface area contributed by atoms with Crippen LogP contribution in [0.5, 0.6) is 0 Å². The van der Waals surface area contributed by atoms with Crippen molar-refractivity contribution in [1.29, 1.82) is 0 Å². The van der Waals surface area contributed by atoms with Crippen LogP contribution in [0.15, 0.2) is 36.7 Å². The second-order valence-corrected chi connectivity index (χ2v) is 2.71. The summed E-state index contributed by atoms with van der Waals surface area (Å²) in [5.41, 5.74) is 1.46. The number of anilines is 2. The molecule has 0 unspecified atom stereocenters. The van der Waals surface area contributed by atoms with Gasteiger partial charge in [0.25, 0.3) is 0 Å². The quantitative estimate of drug-likeness (QED) is 0.543. The van der Waals surface area contributed by atoms with Crippen LogP contribution in [0.1, 0.15) is 0 Å². The second kappa shape index (κ2) is 2.52. The molecule has 12 heavy (non-hydrogen) atoms. The van der Waals surface area contributed by atoms with Crippen LogP contribution in [-0.4, -0.2) is 7.05 Å². The highest BCUT2D eigenvalue weighted by Gasteiger charge is 2.13. The van der Waals surface area contributed by atoms with Crippen LogP contribution in [-0.2, 0) is 0 Å². The van der Waals surface area contributed by atoms with Gasteiger partial charge in [0.2, 0.25) is 0 Å². The molecule has 0 atom stereocenters. The first-order valence-corrected chi connectivity index (χ1v) is 3.74. The van der Waals surface area contributed by atoms with Crippen LogP contribution in [0.4, 0.5) is 15.9 Å². The number of hydrogen-bond donors (Lipinski definition) is 0. The van der Waals surface area contributed by atoms with Gasteiger partial charge in [0.1, 0.15) is 0 Å². The Kier molecular flexibility index (Phi) is 1.50. The molecule has 0 aliphatic carbocycles. The molecule has 0 bridgehead atoms. The SMILES string of the molecule is CN1C=CN(F)c2ccccc21. The van der Waals surface area contributed by atoms with Gasteiger partial charge in [0.05, 0.1) is 17.6 Å². The average Bonchev–Trinajstić information content (AvgIpc) is 2.12. The minimum atomic E-state index is 0.586. The molecule has 0 saturated carbocycles. The van der Waals surface area contributed by atoms with Gasteiger partial charge in [-0.25, -0.2) is 0 Å². The zero-order valence-corrected chi connectivity index (χ0v) is 6.74. The summed E-state index contributed by atoms with van der Waals surface area (Å²) in [4.78, 5) is 1.88. The molecule has 1 aromatic carbocycles. The number of halogens is 1. The van der Waals surface area contributed by atoms with Crippen LogP contribution in [0, 0.1) is 0 Å². The van der Waals surface area contributed by atoms with Crippen molar-refractivity contribution in [2.24, 2.45) is 0 Å². The van der Waals surface area contributed by atoms with Crippen molar-refractivity contribution < 1.29 is 4.48 Å². The van der Waals surface area contributed by atoms with E-state index in [1.807, 2.05) is 30.1 Å². The summed E-state index contributed by atoms with van der Waals surface area (Å²) in [6, 6.07) is 7.33. The van der Waals surface area contributed by atoms with Crippen LogP contribution in [0.2, 0.25) is 0 Å². The van der Waals surface area contributed by atoms with Crippen molar-refractivity contribution in [2.75, 3.05) is 17.1 Å². The van der Waals surface area contributed by atoms with Crippen molar-refractivity contribution in [3.05, 3.63) is 36.7 Å². The Hall–Kier alpha value is -1.51. The first-order valence-electron chi connectivity index (χ1n) is 3.74. The lowest BCUT2D eigenvalue weighted by molar-refractivity contribution is 0.495. The zero-order chi connectivity index (χ0) is 8.55. The second-order valence-electron chi connectivity index (χ2n) is 2.71. The van der Waals surface area contributed by atoms with E-state index in [0.717, 1.165) is 5.69 Å². The number of hydrogen-bond acceptors (Lipinski definition) is 2. The molecule has 0 N–H and O–H groups in total. The molecule has 0 radical (unpaired) electrons. The minimum Gasteiger partial charge on any atom is -0.348 e. The van der Waals surface area contributed by atoms with Gasteiger partial charge >= 0.3 is 0 Å². The van der Waals surface area contributed by atoms with E-state index in [9.17, 15) is 4.48 Å². The summed E-state index contributed by atoms with van der Waals surface area (Å²) in [6.07, 6.45) is 3.07. The highest BCUT2D eigenvalue weighted by molar-refractivity contribution is 5.74. The fraction of sp³-hybridized carbons (Fsp3) is 0.111. The smallest absolute Gasteiger partial charge is 0.0976 e. The summed E-state index contributed by atoms with van der Waals surface area (Å²) >= 11 is 0. The molecule has 0 aromatic heterocycles. The third kappa shape index (κ3) is 0.942. The molecule has 1 aromatic rings. The highest BCUT2D eigenvalue weighted by Crippen LogP contribution is 2.32. The van der Waals surface area contributed by atoms with Crippen LogP contribution in [0.3, 0.4) is 0 Å². The van der Waals surface area contributed by atoms with Crippen molar-refractivity contribution >= 4 is 11.4 Å². The summed E-state index contributed by atoms with van der Waals surface area (Å²) < 4.78 is 13.1. The van der Waals surface area contributed by atoms with Crippen molar-refractivity contribution in [3.8, 4) is 0 Å². The third-order valence-corrected chi connectivity index (χ3v) is 1.91. The zero-order valence-electron chi connectivity index (χ0n) is 6.74. The molecule has 1 aliphatic heterocycles. The van der Waals surface area contributed by atoms with E-state index in [2.05, 4.69) is 0 Å². The van der Waals surface area contributed by atoms with Gasteiger partial charge in [-0.1, -0.05) is 16.6 Å². The van der Waals surface area contributed by atoms with Crippen LogP contribution in [0.25, 0.3) is 0 Å². The largest absolute Gasteiger partial charge is 0.348 e. The van der Waals surface area contributed by atoms with Crippen molar-refractivity contribution in [2.45, 2.75) is 0 Å². The van der Waals surface area contributed by atoms with Crippen molar-refractivity contribution in [1.82, 2.24) is 0 Å². The number of benzene rings is 1. The summed E-state index contributed by atoms with van der Waals surface area (Å²) in [5, 5.41) is 0.620. The maximum Gasteiger partial charge on any atom is 0.0976 e. The van der Waals surface area contributed by atoms with Gasteiger partial charge in [-0.15, -0.1) is 0 Å². The van der Waals surface area contributed by atoms with Crippen LogP contribution >= 0.6 is 0 Å². The van der Waals surface area contributed by atoms with Crippen molar-refractivity contribution in [3.63, 3.8) is 0 Å². The fourth-order valence-corrected chi connectivity index (χ4v) is 1.26. The predicted molar refractivity (Wildman–Crippen MR) is 47.6 cm³/mol. The van der Waals surface area contributed by atoms with E-state index in [-0.39, 0.29) is 0 Å². The lowest BCUT2D eigenvalue weighted by Crippen LogP contribution is -2.18. The molecule has 62 valence electrons. The molecular formula is C9H9FN2. The summed E-state index contributed by atoms with van der Waals surface area (Å²) in [5.74, 6) is 0. The molecule has 2 rings (SSSR count). The molecule has 2 nitrogen and oxygen atoms in total. The van der Waals surface area contributed by atoms with Gasteiger partial charge in [-0.05, 0) is 12.1 Å². The first kappa shape index (κ1) is 7.16. The topological polar surface area (TPSA) is 6.48 Å². The third-order valence-electron chi connectivity index (χ3n) is 1.91. The van der Waals surface area contributed by atoms with E-state index < -0.39 is 0 Å². The molecule has 0 saturated heterocycles. The van der Waals surface area contributed by atoms with Gasteiger partial charge in [0.15, 0.2) is 0 Å². The Balaban J connectivity index is 2.54. The fourth-order valence-electron chi connectivity index (χ4n) is 1.26. The predicted octanol–water partition coefficient (Wildman–Crippen LogP) is 2.30. The average molecular weight is 164 g/mol. The maximum atomic E-state index is 13.1. The Labute approximate surface area is 70.5 Å². The summed E-state index contributed by atoms with van der Waals surface area (Å²) in [6.45, 7) is 0. The number of nitrogens with zero attached hydrogens (tertiary/aromatic N) is 2. The Morgan fingerprint density at radius 1 is 1.08 bits per heavy atom. The summed E-state index contributed by atoms with van der Waals surface area (Å²) in [7, 11) is 1.89. The maximum absolute atomic E-state index is 13.1. The first-order chi connectivity index (χ1) is 5.79. The standard InChI is InChI=1S/C9H9FN2/c1-11-6-7-12(10)9-5-3-2-4-8(9)11/h2-7H,1H3. The van der Waals surface area contributed by atoms with E-state index >= 15 is 0 Å². The Bertz CT molecular complexity index is 291. The highest BCUT2D eigenvalue weighted by atomic mass is 19.2. The molecule has 1 heterocycles. The minimum absolute atomic E-state index is 0.586. The lowest BCUT2D eigenvalue weighted by Gasteiger charge is -2.25. The molecule has 0 amide bonds. The lowest BCUT2D eigenvalue weighted by atomic mass is 10.2. The van der Waals surface area contributed by atoms with Crippen LogP contribution < -0.4 is 10.0 Å². The van der Waals surface area contributed by atoms with Gasteiger partial charge in [-0.3, -0.25) is 0 Å². The molecule has 0 fully saturated rings. The van der Waals surface area contributed by atoms with Gasteiger partial charge in [0, 0.05) is 13.2 Å². The number of fused-ring (bicyclic) bond motifs is 1.